The van der Waals surface area contributed by atoms with Crippen molar-refractivity contribution in [3.05, 3.63) is 18.2 Å². The van der Waals surface area contributed by atoms with Gasteiger partial charge in [0, 0.05) is 5.92 Å². The van der Waals surface area contributed by atoms with Crippen molar-refractivity contribution >= 4 is 0 Å². The van der Waals surface area contributed by atoms with Crippen molar-refractivity contribution in [2.45, 2.75) is 18.6 Å². The highest BCUT2D eigenvalue weighted by atomic mass is 16.5. The van der Waals surface area contributed by atoms with E-state index in [-0.39, 0.29) is 6.10 Å². The first-order valence-electron chi connectivity index (χ1n) is 4.74. The van der Waals surface area contributed by atoms with E-state index in [4.69, 9.17) is 10.5 Å². The van der Waals surface area contributed by atoms with Gasteiger partial charge in [-0.3, -0.25) is 0 Å². The van der Waals surface area contributed by atoms with Crippen molar-refractivity contribution < 1.29 is 4.74 Å². The lowest BCUT2D eigenvalue weighted by Crippen LogP contribution is -2.11. The molecule has 0 unspecified atom stereocenters. The molecule has 4 atom stereocenters. The summed E-state index contributed by atoms with van der Waals surface area (Å²) in [5.41, 5.74) is 6.69. The fourth-order valence-corrected chi connectivity index (χ4v) is 2.36. The smallest absolute Gasteiger partial charge is 0.0996 e. The van der Waals surface area contributed by atoms with Gasteiger partial charge in [0.1, 0.15) is 0 Å². The molecule has 1 saturated carbocycles. The second-order valence-corrected chi connectivity index (χ2v) is 3.90. The summed E-state index contributed by atoms with van der Waals surface area (Å²) in [6.45, 7) is 0.769. The SMILES string of the molecule is NC[C@@H]1[C@H]2C[C@@H](c3cnc[nH]3)O[C@@H]12. The maximum Gasteiger partial charge on any atom is 0.0996 e. The van der Waals surface area contributed by atoms with E-state index in [0.29, 0.717) is 17.9 Å². The van der Waals surface area contributed by atoms with Gasteiger partial charge in [0.15, 0.2) is 0 Å². The van der Waals surface area contributed by atoms with Crippen LogP contribution in [0.3, 0.4) is 0 Å². The zero-order chi connectivity index (χ0) is 8.84. The first-order chi connectivity index (χ1) is 6.40. The molecule has 0 amide bonds. The number of rotatable bonds is 2. The van der Waals surface area contributed by atoms with Crippen LogP contribution in [-0.2, 0) is 4.74 Å². The summed E-state index contributed by atoms with van der Waals surface area (Å²) in [6.07, 6.45) is 5.31. The highest BCUT2D eigenvalue weighted by molar-refractivity contribution is 5.11. The Morgan fingerprint density at radius 1 is 1.69 bits per heavy atom. The molecule has 4 heteroatoms. The molecule has 1 saturated heterocycles. The van der Waals surface area contributed by atoms with Gasteiger partial charge in [-0.25, -0.2) is 4.98 Å². The summed E-state index contributed by atoms with van der Waals surface area (Å²) >= 11 is 0. The Morgan fingerprint density at radius 3 is 3.15 bits per heavy atom. The van der Waals surface area contributed by atoms with Crippen LogP contribution in [0, 0.1) is 11.8 Å². The van der Waals surface area contributed by atoms with Crippen molar-refractivity contribution in [1.82, 2.24) is 9.97 Å². The molecule has 4 nitrogen and oxygen atoms in total. The van der Waals surface area contributed by atoms with Crippen molar-refractivity contribution in [3.63, 3.8) is 0 Å². The number of H-pyrrole nitrogens is 1. The van der Waals surface area contributed by atoms with E-state index in [0.717, 1.165) is 18.7 Å². The van der Waals surface area contributed by atoms with Gasteiger partial charge in [-0.1, -0.05) is 0 Å². The number of fused-ring (bicyclic) bond motifs is 1. The maximum absolute atomic E-state index is 5.83. The van der Waals surface area contributed by atoms with Gasteiger partial charge in [-0.05, 0) is 18.9 Å². The number of aromatic nitrogens is 2. The maximum atomic E-state index is 5.83. The Morgan fingerprint density at radius 2 is 2.62 bits per heavy atom. The monoisotopic (exact) mass is 179 g/mol. The Balaban J connectivity index is 1.68. The molecule has 0 bridgehead atoms. The number of nitrogens with one attached hydrogen (secondary N) is 1. The lowest BCUT2D eigenvalue weighted by molar-refractivity contribution is 0.0575. The van der Waals surface area contributed by atoms with Crippen LogP contribution in [0.5, 0.6) is 0 Å². The molecule has 2 heterocycles. The number of hydrogen-bond acceptors (Lipinski definition) is 3. The molecule has 13 heavy (non-hydrogen) atoms. The molecule has 3 rings (SSSR count). The van der Waals surface area contributed by atoms with Gasteiger partial charge in [-0.15, -0.1) is 0 Å². The number of nitrogens with two attached hydrogens (primary N) is 1. The van der Waals surface area contributed by atoms with Crippen molar-refractivity contribution in [2.24, 2.45) is 17.6 Å². The van der Waals surface area contributed by atoms with Crippen LogP contribution in [0.1, 0.15) is 18.2 Å². The van der Waals surface area contributed by atoms with Gasteiger partial charge in [0.2, 0.25) is 0 Å². The fourth-order valence-electron chi connectivity index (χ4n) is 2.36. The normalized spacial score (nSPS) is 41.9. The Labute approximate surface area is 76.5 Å². The van der Waals surface area contributed by atoms with Crippen LogP contribution in [0.4, 0.5) is 0 Å². The second kappa shape index (κ2) is 2.56. The van der Waals surface area contributed by atoms with E-state index < -0.39 is 0 Å². The first kappa shape index (κ1) is 7.53. The third-order valence-electron chi connectivity index (χ3n) is 3.20. The van der Waals surface area contributed by atoms with Gasteiger partial charge in [0.25, 0.3) is 0 Å². The molecule has 0 spiro atoms. The summed E-state index contributed by atoms with van der Waals surface area (Å²) in [7, 11) is 0. The molecule has 3 N–H and O–H groups in total. The summed E-state index contributed by atoms with van der Waals surface area (Å²) in [5, 5.41) is 0. The third-order valence-corrected chi connectivity index (χ3v) is 3.20. The van der Waals surface area contributed by atoms with E-state index in [2.05, 4.69) is 9.97 Å². The van der Waals surface area contributed by atoms with Crippen LogP contribution in [-0.4, -0.2) is 22.6 Å². The van der Waals surface area contributed by atoms with Crippen molar-refractivity contribution in [3.8, 4) is 0 Å². The molecule has 1 aliphatic heterocycles. The summed E-state index contributed by atoms with van der Waals surface area (Å²) in [4.78, 5) is 7.07. The number of nitrogens with zero attached hydrogens (tertiary/aromatic N) is 1. The highest BCUT2D eigenvalue weighted by Crippen LogP contribution is 2.55. The minimum atomic E-state index is 0.236. The van der Waals surface area contributed by atoms with Gasteiger partial charge >= 0.3 is 0 Å². The molecule has 2 fully saturated rings. The lowest BCUT2D eigenvalue weighted by Gasteiger charge is -2.11. The number of imidazole rings is 1. The molecule has 2 aliphatic rings. The average molecular weight is 179 g/mol. The van der Waals surface area contributed by atoms with E-state index in [1.807, 2.05) is 6.20 Å². The average Bonchev–Trinajstić information content (AvgIpc) is 2.68. The summed E-state index contributed by atoms with van der Waals surface area (Å²) < 4.78 is 5.83. The zero-order valence-corrected chi connectivity index (χ0v) is 7.31. The zero-order valence-electron chi connectivity index (χ0n) is 7.31. The number of ether oxygens (including phenoxy) is 1. The quantitative estimate of drug-likeness (QED) is 0.692. The molecule has 1 aliphatic carbocycles. The van der Waals surface area contributed by atoms with E-state index in [1.165, 1.54) is 0 Å². The summed E-state index contributed by atoms with van der Waals surface area (Å²) in [6, 6.07) is 0. The second-order valence-electron chi connectivity index (χ2n) is 3.90. The predicted octanol–water partition coefficient (Wildman–Crippen LogP) is 0.444. The topological polar surface area (TPSA) is 63.9 Å². The largest absolute Gasteiger partial charge is 0.368 e. The number of aromatic amines is 1. The minimum absolute atomic E-state index is 0.236. The molecule has 1 aromatic rings. The summed E-state index contributed by atoms with van der Waals surface area (Å²) in [5.74, 6) is 1.33. The standard InChI is InChI=1S/C9H13N3O/c10-2-6-5-1-8(13-9(5)6)7-3-11-4-12-7/h3-6,8-9H,1-2,10H2,(H,11,12)/t5-,6-,8+,9-/m1/s1. The van der Waals surface area contributed by atoms with Crippen molar-refractivity contribution in [1.29, 1.82) is 0 Å². The van der Waals surface area contributed by atoms with E-state index in [1.54, 1.807) is 6.33 Å². The molecular formula is C9H13N3O. The predicted molar refractivity (Wildman–Crippen MR) is 46.9 cm³/mol. The third kappa shape index (κ3) is 1.02. The Hall–Kier alpha value is -0.870. The highest BCUT2D eigenvalue weighted by Gasteiger charge is 2.57. The molecule has 70 valence electrons. The van der Waals surface area contributed by atoms with Crippen LogP contribution in [0.25, 0.3) is 0 Å². The number of hydrogen-bond donors (Lipinski definition) is 2. The minimum Gasteiger partial charge on any atom is -0.368 e. The molecule has 1 aromatic heterocycles. The lowest BCUT2D eigenvalue weighted by atomic mass is 10.1. The van der Waals surface area contributed by atoms with Crippen LogP contribution in [0.2, 0.25) is 0 Å². The Kier molecular flexibility index (Phi) is 1.48. The van der Waals surface area contributed by atoms with Gasteiger partial charge in [-0.2, -0.15) is 0 Å². The van der Waals surface area contributed by atoms with Gasteiger partial charge < -0.3 is 15.5 Å². The molecular weight excluding hydrogens is 166 g/mol. The first-order valence-corrected chi connectivity index (χ1v) is 4.74. The van der Waals surface area contributed by atoms with Crippen LogP contribution >= 0.6 is 0 Å². The Bertz CT molecular complexity index is 286. The fraction of sp³-hybridized carbons (Fsp3) is 0.667. The van der Waals surface area contributed by atoms with Crippen LogP contribution in [0.15, 0.2) is 12.5 Å². The van der Waals surface area contributed by atoms with E-state index in [9.17, 15) is 0 Å². The van der Waals surface area contributed by atoms with Gasteiger partial charge in [0.05, 0.1) is 30.4 Å². The van der Waals surface area contributed by atoms with Crippen molar-refractivity contribution in [2.75, 3.05) is 6.54 Å². The molecule has 0 radical (unpaired) electrons. The van der Waals surface area contributed by atoms with E-state index >= 15 is 0 Å². The molecule has 0 aromatic carbocycles. The van der Waals surface area contributed by atoms with Crippen LogP contribution < -0.4 is 5.73 Å².